The van der Waals surface area contributed by atoms with Crippen LogP contribution in [0.3, 0.4) is 0 Å². The number of fused-ring (bicyclic) bond motifs is 1. The first-order chi connectivity index (χ1) is 9.60. The van der Waals surface area contributed by atoms with Crippen LogP contribution >= 0.6 is 0 Å². The molecule has 0 atom stereocenters. The van der Waals surface area contributed by atoms with Gasteiger partial charge in [0.1, 0.15) is 0 Å². The lowest BCUT2D eigenvalue weighted by atomic mass is 10.1. The van der Waals surface area contributed by atoms with E-state index in [2.05, 4.69) is 25.8 Å². The second-order valence-electron chi connectivity index (χ2n) is 5.92. The number of carbonyl (C=O) groups is 1. The first-order valence-corrected chi connectivity index (χ1v) is 7.48. The highest BCUT2D eigenvalue weighted by Crippen LogP contribution is 2.30. The van der Waals surface area contributed by atoms with Crippen LogP contribution < -0.4 is 0 Å². The van der Waals surface area contributed by atoms with Gasteiger partial charge in [-0.1, -0.05) is 0 Å². The summed E-state index contributed by atoms with van der Waals surface area (Å²) in [6, 6.07) is 6.00. The number of aryl methyl sites for hydroxylation is 2. The normalized spacial score (nSPS) is 14.8. The first kappa shape index (κ1) is 13.2. The van der Waals surface area contributed by atoms with Gasteiger partial charge in [0.2, 0.25) is 0 Å². The molecule has 1 heterocycles. The molecule has 1 N–H and O–H groups in total. The average Bonchev–Trinajstić information content (AvgIpc) is 3.23. The lowest BCUT2D eigenvalue weighted by Gasteiger charge is -2.20. The number of nitrogens with zero attached hydrogens (tertiary/aromatic N) is 1. The molecular weight excluding hydrogens is 248 g/mol. The Morgan fingerprint density at radius 3 is 2.75 bits per heavy atom. The van der Waals surface area contributed by atoms with Crippen molar-refractivity contribution in [1.29, 1.82) is 0 Å². The fourth-order valence-electron chi connectivity index (χ4n) is 2.74. The Hall–Kier alpha value is -1.77. The van der Waals surface area contributed by atoms with Crippen LogP contribution in [-0.4, -0.2) is 28.9 Å². The molecule has 3 rings (SSSR count). The van der Waals surface area contributed by atoms with Crippen LogP contribution in [-0.2, 0) is 0 Å². The van der Waals surface area contributed by atoms with Gasteiger partial charge in [-0.2, -0.15) is 0 Å². The lowest BCUT2D eigenvalue weighted by molar-refractivity contribution is 0.0757. The van der Waals surface area contributed by atoms with Crippen LogP contribution in [0.5, 0.6) is 0 Å². The second-order valence-corrected chi connectivity index (χ2v) is 5.92. The van der Waals surface area contributed by atoms with Crippen LogP contribution in [0.2, 0.25) is 0 Å². The van der Waals surface area contributed by atoms with Crippen molar-refractivity contribution in [3.63, 3.8) is 0 Å². The fourth-order valence-corrected chi connectivity index (χ4v) is 2.74. The van der Waals surface area contributed by atoms with Gasteiger partial charge in [-0.15, -0.1) is 0 Å². The molecule has 1 amide bonds. The van der Waals surface area contributed by atoms with Gasteiger partial charge in [0.05, 0.1) is 0 Å². The predicted molar refractivity (Wildman–Crippen MR) is 82.1 cm³/mol. The number of carbonyl (C=O) groups excluding carboxylic acids is 1. The number of amides is 1. The highest BCUT2D eigenvalue weighted by molar-refractivity contribution is 5.99. The van der Waals surface area contributed by atoms with Crippen LogP contribution in [0, 0.1) is 19.8 Å². The van der Waals surface area contributed by atoms with Crippen LogP contribution in [0.15, 0.2) is 18.2 Å². The van der Waals surface area contributed by atoms with Gasteiger partial charge in [0.25, 0.3) is 5.91 Å². The van der Waals surface area contributed by atoms with Crippen molar-refractivity contribution in [2.45, 2.75) is 33.6 Å². The van der Waals surface area contributed by atoms with Crippen molar-refractivity contribution in [1.82, 2.24) is 9.88 Å². The topological polar surface area (TPSA) is 36.1 Å². The number of hydrogen-bond acceptors (Lipinski definition) is 1. The van der Waals surface area contributed by atoms with E-state index in [0.717, 1.165) is 35.5 Å². The SMILES string of the molecule is CCN(CC1CC1)C(=O)c1ccc2[nH]c(C)c(C)c2c1. The molecule has 3 nitrogen and oxygen atoms in total. The zero-order chi connectivity index (χ0) is 14.3. The summed E-state index contributed by atoms with van der Waals surface area (Å²) in [6.45, 7) is 7.94. The molecule has 1 aromatic heterocycles. The van der Waals surface area contributed by atoms with Crippen LogP contribution in [0.25, 0.3) is 10.9 Å². The van der Waals surface area contributed by atoms with Gasteiger partial charge in [-0.05, 0) is 63.3 Å². The smallest absolute Gasteiger partial charge is 0.253 e. The Balaban J connectivity index is 1.91. The summed E-state index contributed by atoms with van der Waals surface area (Å²) in [4.78, 5) is 17.9. The standard InChI is InChI=1S/C17H22N2O/c1-4-19(10-13-5-6-13)17(20)14-7-8-16-15(9-14)11(2)12(3)18-16/h7-9,13,18H,4-6,10H2,1-3H3. The summed E-state index contributed by atoms with van der Waals surface area (Å²) in [5.41, 5.74) is 4.33. The van der Waals surface area contributed by atoms with Gasteiger partial charge < -0.3 is 9.88 Å². The van der Waals surface area contributed by atoms with Gasteiger partial charge in [0.15, 0.2) is 0 Å². The largest absolute Gasteiger partial charge is 0.358 e. The van der Waals surface area contributed by atoms with Gasteiger partial charge in [0, 0.05) is 35.2 Å². The third kappa shape index (κ3) is 2.33. The third-order valence-corrected chi connectivity index (χ3v) is 4.40. The Morgan fingerprint density at radius 1 is 1.35 bits per heavy atom. The van der Waals surface area contributed by atoms with E-state index in [9.17, 15) is 4.79 Å². The van der Waals surface area contributed by atoms with Crippen molar-refractivity contribution < 1.29 is 4.79 Å². The first-order valence-electron chi connectivity index (χ1n) is 7.48. The molecule has 0 aliphatic heterocycles. The van der Waals surface area contributed by atoms with Crippen molar-refractivity contribution in [2.75, 3.05) is 13.1 Å². The van der Waals surface area contributed by atoms with Gasteiger partial charge >= 0.3 is 0 Å². The molecule has 20 heavy (non-hydrogen) atoms. The minimum Gasteiger partial charge on any atom is -0.358 e. The van der Waals surface area contributed by atoms with Crippen molar-refractivity contribution in [3.05, 3.63) is 35.0 Å². The quantitative estimate of drug-likeness (QED) is 0.904. The Labute approximate surface area is 120 Å². The maximum absolute atomic E-state index is 12.6. The van der Waals surface area contributed by atoms with E-state index in [1.807, 2.05) is 23.1 Å². The minimum absolute atomic E-state index is 0.166. The monoisotopic (exact) mass is 270 g/mol. The maximum Gasteiger partial charge on any atom is 0.253 e. The zero-order valence-corrected chi connectivity index (χ0v) is 12.5. The average molecular weight is 270 g/mol. The molecule has 106 valence electrons. The molecule has 1 saturated carbocycles. The Morgan fingerprint density at radius 2 is 2.10 bits per heavy atom. The highest BCUT2D eigenvalue weighted by atomic mass is 16.2. The number of benzene rings is 1. The molecule has 0 bridgehead atoms. The van der Waals surface area contributed by atoms with Crippen LogP contribution in [0.4, 0.5) is 0 Å². The molecule has 0 saturated heterocycles. The summed E-state index contributed by atoms with van der Waals surface area (Å²) in [5.74, 6) is 0.901. The summed E-state index contributed by atoms with van der Waals surface area (Å²) in [5, 5.41) is 1.16. The molecular formula is C17H22N2O. The van der Waals surface area contributed by atoms with Crippen molar-refractivity contribution in [3.8, 4) is 0 Å². The molecule has 1 aliphatic rings. The molecule has 0 radical (unpaired) electrons. The molecule has 1 aromatic carbocycles. The van der Waals surface area contributed by atoms with Crippen molar-refractivity contribution in [2.24, 2.45) is 5.92 Å². The minimum atomic E-state index is 0.166. The Bertz CT molecular complexity index is 652. The van der Waals surface area contributed by atoms with Gasteiger partial charge in [-0.3, -0.25) is 4.79 Å². The Kier molecular flexibility index (Phi) is 3.28. The fraction of sp³-hybridized carbons (Fsp3) is 0.471. The van der Waals surface area contributed by atoms with E-state index in [4.69, 9.17) is 0 Å². The van der Waals surface area contributed by atoms with E-state index in [0.29, 0.717) is 0 Å². The van der Waals surface area contributed by atoms with Gasteiger partial charge in [-0.25, -0.2) is 0 Å². The zero-order valence-electron chi connectivity index (χ0n) is 12.5. The summed E-state index contributed by atoms with van der Waals surface area (Å²) in [7, 11) is 0. The molecule has 1 fully saturated rings. The second kappa shape index (κ2) is 4.97. The van der Waals surface area contributed by atoms with E-state index in [1.54, 1.807) is 0 Å². The van der Waals surface area contributed by atoms with E-state index in [1.165, 1.54) is 24.1 Å². The lowest BCUT2D eigenvalue weighted by Crippen LogP contribution is -2.32. The van der Waals surface area contributed by atoms with E-state index in [-0.39, 0.29) is 5.91 Å². The molecule has 0 unspecified atom stereocenters. The number of aromatic amines is 1. The summed E-state index contributed by atoms with van der Waals surface area (Å²) < 4.78 is 0. The molecule has 1 aliphatic carbocycles. The van der Waals surface area contributed by atoms with Crippen LogP contribution in [0.1, 0.15) is 41.4 Å². The predicted octanol–water partition coefficient (Wildman–Crippen LogP) is 3.66. The van der Waals surface area contributed by atoms with Crippen molar-refractivity contribution >= 4 is 16.8 Å². The third-order valence-electron chi connectivity index (χ3n) is 4.40. The number of aromatic nitrogens is 1. The number of hydrogen-bond donors (Lipinski definition) is 1. The summed E-state index contributed by atoms with van der Waals surface area (Å²) in [6.07, 6.45) is 2.55. The number of nitrogens with one attached hydrogen (secondary N) is 1. The van der Waals surface area contributed by atoms with E-state index < -0.39 is 0 Å². The van der Waals surface area contributed by atoms with E-state index >= 15 is 0 Å². The number of H-pyrrole nitrogens is 1. The maximum atomic E-state index is 12.6. The highest BCUT2D eigenvalue weighted by Gasteiger charge is 2.26. The molecule has 3 heteroatoms. The summed E-state index contributed by atoms with van der Waals surface area (Å²) >= 11 is 0. The molecule has 0 spiro atoms. The number of rotatable bonds is 4. The molecule has 2 aromatic rings.